The Hall–Kier alpha value is -0.900. The maximum Gasteiger partial charge on any atom is 0.158 e. The molecular weight excluding hydrogens is 284 g/mol. The number of Topliss-reactive ketones (excluding diaryl/α,β-unsaturated/α-hetero) is 1. The lowest BCUT2D eigenvalue weighted by Gasteiger charge is -2.55. The van der Waals surface area contributed by atoms with Crippen LogP contribution in [-0.2, 0) is 14.6 Å². The molecule has 8 atom stereocenters. The van der Waals surface area contributed by atoms with Crippen LogP contribution in [0.15, 0.2) is 24.3 Å². The molecule has 0 unspecified atom stereocenters. The van der Waals surface area contributed by atoms with Crippen LogP contribution < -0.4 is 0 Å². The summed E-state index contributed by atoms with van der Waals surface area (Å²) in [5.41, 5.74) is 0. The van der Waals surface area contributed by atoms with E-state index in [1.807, 2.05) is 0 Å². The lowest BCUT2D eigenvalue weighted by molar-refractivity contribution is -0.133. The van der Waals surface area contributed by atoms with Crippen molar-refractivity contribution in [3.63, 3.8) is 0 Å². The Kier molecular flexibility index (Phi) is 2.34. The first-order valence-corrected chi connectivity index (χ1v) is 9.83. The Balaban J connectivity index is 1.70. The van der Waals surface area contributed by atoms with E-state index in [9.17, 15) is 13.2 Å². The Morgan fingerprint density at radius 1 is 0.714 bits per heavy atom. The van der Waals surface area contributed by atoms with Crippen molar-refractivity contribution in [3.8, 4) is 0 Å². The van der Waals surface area contributed by atoms with E-state index in [1.54, 1.807) is 0 Å². The number of hydrogen-bond donors (Lipinski definition) is 0. The predicted molar refractivity (Wildman–Crippen MR) is 79.2 cm³/mol. The molecule has 1 saturated heterocycles. The summed E-state index contributed by atoms with van der Waals surface area (Å²) >= 11 is 0. The summed E-state index contributed by atoms with van der Waals surface area (Å²) in [7, 11) is -3.20. The lowest BCUT2D eigenvalue weighted by Crippen LogP contribution is -2.64. The van der Waals surface area contributed by atoms with E-state index in [4.69, 9.17) is 0 Å². The number of ketones is 1. The van der Waals surface area contributed by atoms with Gasteiger partial charge in [-0.25, -0.2) is 8.42 Å². The molecule has 0 aromatic rings. The van der Waals surface area contributed by atoms with Crippen LogP contribution in [0.2, 0.25) is 0 Å². The van der Waals surface area contributed by atoms with Crippen LogP contribution in [-0.4, -0.2) is 24.7 Å². The van der Waals surface area contributed by atoms with Crippen molar-refractivity contribution in [2.24, 2.45) is 35.5 Å². The van der Waals surface area contributed by atoms with Crippen LogP contribution in [0.25, 0.3) is 0 Å². The number of carbonyl (C=O) groups is 1. The molecule has 1 heterocycles. The van der Waals surface area contributed by atoms with Crippen molar-refractivity contribution < 1.29 is 13.2 Å². The van der Waals surface area contributed by atoms with Crippen molar-refractivity contribution in [1.29, 1.82) is 0 Å². The molecular formula is C17H20O3S. The second kappa shape index (κ2) is 3.89. The summed E-state index contributed by atoms with van der Waals surface area (Å²) in [5.74, 6) is 0.303. The zero-order chi connectivity index (χ0) is 14.4. The number of hydrogen-bond acceptors (Lipinski definition) is 3. The average molecular weight is 304 g/mol. The van der Waals surface area contributed by atoms with Crippen molar-refractivity contribution >= 4 is 15.6 Å². The maximum absolute atomic E-state index is 13.3. The van der Waals surface area contributed by atoms with Gasteiger partial charge in [0.15, 0.2) is 9.84 Å². The number of rotatable bonds is 0. The first-order chi connectivity index (χ1) is 10.1. The van der Waals surface area contributed by atoms with Gasteiger partial charge >= 0.3 is 0 Å². The van der Waals surface area contributed by atoms with Gasteiger partial charge in [-0.3, -0.25) is 4.79 Å². The van der Waals surface area contributed by atoms with Crippen LogP contribution in [0, 0.1) is 35.5 Å². The van der Waals surface area contributed by atoms with Gasteiger partial charge in [0.05, 0.1) is 10.5 Å². The number of carbonyl (C=O) groups excluding carboxylic acids is 1. The SMILES string of the molecule is O=C1[C@@H]2[C@@H]([C@H]3C=C[C@H]2CC3)S(=O)(=O)[C@H]2[C@H]1[C@H]1C=C[C@H]2CC1. The molecule has 4 heteroatoms. The van der Waals surface area contributed by atoms with E-state index in [0.717, 1.165) is 25.7 Å². The molecule has 0 radical (unpaired) electrons. The summed E-state index contributed by atoms with van der Waals surface area (Å²) in [5, 5.41) is -0.828. The van der Waals surface area contributed by atoms with Gasteiger partial charge in [0.1, 0.15) is 5.78 Å². The fourth-order valence-electron chi connectivity index (χ4n) is 5.94. The molecule has 0 aromatic carbocycles. The standard InChI is InChI=1S/C17H20O3S/c18-15-13-9-1-5-11(6-2-9)16(13)21(19,20)17-12-7-3-10(4-8-12)14(15)17/h1,3,5,7,9-14,16-17H,2,4,6,8H2/t9-,10-,11-,12-,13-,14+,16+,17+/m0/s1. The molecule has 2 saturated carbocycles. The first-order valence-electron chi connectivity index (χ1n) is 8.22. The van der Waals surface area contributed by atoms with Crippen molar-refractivity contribution in [3.05, 3.63) is 24.3 Å². The minimum Gasteiger partial charge on any atom is -0.299 e. The van der Waals surface area contributed by atoms with Gasteiger partial charge in [0.25, 0.3) is 0 Å². The third-order valence-electron chi connectivity index (χ3n) is 6.77. The van der Waals surface area contributed by atoms with Gasteiger partial charge in [-0.2, -0.15) is 0 Å². The summed E-state index contributed by atoms with van der Waals surface area (Å²) in [6.07, 6.45) is 12.3. The van der Waals surface area contributed by atoms with Crippen molar-refractivity contribution in [1.82, 2.24) is 0 Å². The minimum atomic E-state index is -3.20. The van der Waals surface area contributed by atoms with Crippen LogP contribution in [0.4, 0.5) is 0 Å². The molecule has 0 amide bonds. The summed E-state index contributed by atoms with van der Waals surface area (Å²) in [6.45, 7) is 0. The molecule has 0 N–H and O–H groups in total. The van der Waals surface area contributed by atoms with Gasteiger partial charge in [-0.15, -0.1) is 0 Å². The normalized spacial score (nSPS) is 55.3. The number of allylic oxidation sites excluding steroid dienone is 4. The smallest absolute Gasteiger partial charge is 0.158 e. The van der Waals surface area contributed by atoms with E-state index < -0.39 is 20.3 Å². The van der Waals surface area contributed by atoms with Crippen molar-refractivity contribution in [2.45, 2.75) is 36.2 Å². The van der Waals surface area contributed by atoms with Crippen LogP contribution >= 0.6 is 0 Å². The quantitative estimate of drug-likeness (QED) is 0.644. The first kappa shape index (κ1) is 12.6. The van der Waals surface area contributed by atoms with Gasteiger partial charge < -0.3 is 0 Å². The van der Waals surface area contributed by atoms with Crippen LogP contribution in [0.1, 0.15) is 25.7 Å². The van der Waals surface area contributed by atoms with Crippen molar-refractivity contribution in [2.75, 3.05) is 0 Å². The molecule has 112 valence electrons. The maximum atomic E-state index is 13.3. The Morgan fingerprint density at radius 2 is 1.10 bits per heavy atom. The fourth-order valence-corrected chi connectivity index (χ4v) is 9.22. The zero-order valence-corrected chi connectivity index (χ0v) is 12.7. The molecule has 1 aliphatic heterocycles. The summed E-state index contributed by atoms with van der Waals surface area (Å²) < 4.78 is 26.6. The third kappa shape index (κ3) is 1.40. The van der Waals surface area contributed by atoms with Gasteiger partial charge in [0, 0.05) is 11.8 Å². The molecule has 7 aliphatic rings. The highest BCUT2D eigenvalue weighted by atomic mass is 32.2. The minimum absolute atomic E-state index is 0.0827. The molecule has 6 aliphatic carbocycles. The van der Waals surface area contributed by atoms with Gasteiger partial charge in [0.2, 0.25) is 0 Å². The Bertz CT molecular complexity index is 624. The predicted octanol–water partition coefficient (Wildman–Crippen LogP) is 2.15. The number of sulfone groups is 1. The largest absolute Gasteiger partial charge is 0.299 e. The molecule has 7 rings (SSSR count). The molecule has 3 fully saturated rings. The van der Waals surface area contributed by atoms with Crippen LogP contribution in [0.3, 0.4) is 0 Å². The Labute approximate surface area is 125 Å². The van der Waals surface area contributed by atoms with Gasteiger partial charge in [-0.1, -0.05) is 24.3 Å². The van der Waals surface area contributed by atoms with E-state index in [0.29, 0.717) is 0 Å². The fraction of sp³-hybridized carbons (Fsp3) is 0.706. The molecule has 0 spiro atoms. The highest BCUT2D eigenvalue weighted by Gasteiger charge is 2.63. The Morgan fingerprint density at radius 3 is 1.48 bits per heavy atom. The zero-order valence-electron chi connectivity index (χ0n) is 11.9. The highest BCUT2D eigenvalue weighted by molar-refractivity contribution is 7.92. The summed E-state index contributed by atoms with van der Waals surface area (Å²) in [6, 6.07) is 0. The van der Waals surface area contributed by atoms with Gasteiger partial charge in [-0.05, 0) is 49.4 Å². The monoisotopic (exact) mass is 304 g/mol. The topological polar surface area (TPSA) is 51.2 Å². The van der Waals surface area contributed by atoms with E-state index in [1.165, 1.54) is 0 Å². The third-order valence-corrected chi connectivity index (χ3v) is 9.57. The average Bonchev–Trinajstić information content (AvgIpc) is 2.53. The van der Waals surface area contributed by atoms with Crippen LogP contribution in [0.5, 0.6) is 0 Å². The summed E-state index contributed by atoms with van der Waals surface area (Å²) in [4.78, 5) is 13.1. The van der Waals surface area contributed by atoms with E-state index >= 15 is 0 Å². The number of fused-ring (bicyclic) bond motifs is 2. The second-order valence-electron chi connectivity index (χ2n) is 7.55. The molecule has 21 heavy (non-hydrogen) atoms. The molecule has 0 aromatic heterocycles. The lowest BCUT2D eigenvalue weighted by atomic mass is 9.59. The second-order valence-corrected chi connectivity index (χ2v) is 9.82. The van der Waals surface area contributed by atoms with E-state index in [2.05, 4.69) is 24.3 Å². The molecule has 4 bridgehead atoms. The highest BCUT2D eigenvalue weighted by Crippen LogP contribution is 2.56. The van der Waals surface area contributed by atoms with E-state index in [-0.39, 0.29) is 41.3 Å². The molecule has 3 nitrogen and oxygen atoms in total.